The highest BCUT2D eigenvalue weighted by atomic mass is 16.5. The molecule has 0 saturated heterocycles. The Labute approximate surface area is 75.4 Å². The molecule has 0 fully saturated rings. The molecule has 0 aliphatic rings. The number of carboxylic acid groups (broad SMARTS) is 1. The Morgan fingerprint density at radius 2 is 2.31 bits per heavy atom. The predicted octanol–water partition coefficient (Wildman–Crippen LogP) is -0.692. The molecule has 0 atom stereocenters. The minimum absolute atomic E-state index is 0.0947. The summed E-state index contributed by atoms with van der Waals surface area (Å²) in [5.74, 6) is -0.856. The van der Waals surface area contributed by atoms with E-state index in [0.29, 0.717) is 11.3 Å². The summed E-state index contributed by atoms with van der Waals surface area (Å²) in [6.07, 6.45) is 0. The molecule has 0 bridgehead atoms. The highest BCUT2D eigenvalue weighted by Gasteiger charge is 1.95. The van der Waals surface area contributed by atoms with E-state index in [1.165, 1.54) is 0 Å². The number of carbonyl (C=O) groups excluding carboxylic acids is 1. The molecule has 0 spiro atoms. The quantitative estimate of drug-likeness (QED) is 0.667. The van der Waals surface area contributed by atoms with Crippen LogP contribution in [0.1, 0.15) is 5.56 Å². The Hall–Kier alpha value is -1.55. The normalized spacial score (nSPS) is 9.62. The number of hydrogen-bond donors (Lipinski definition) is 1. The van der Waals surface area contributed by atoms with E-state index >= 15 is 0 Å². The Bertz CT molecular complexity index is 295. The lowest BCUT2D eigenvalue weighted by atomic mass is 10.2. The molecule has 1 aromatic carbocycles. The number of hydrogen-bond acceptors (Lipinski definition) is 4. The van der Waals surface area contributed by atoms with Crippen molar-refractivity contribution in [3.63, 3.8) is 0 Å². The van der Waals surface area contributed by atoms with E-state index in [0.717, 1.165) is 0 Å². The van der Waals surface area contributed by atoms with Crippen molar-refractivity contribution in [1.29, 1.82) is 0 Å². The van der Waals surface area contributed by atoms with Gasteiger partial charge in [0, 0.05) is 0 Å². The number of aliphatic hydroxyl groups excluding tert-OH is 1. The van der Waals surface area contributed by atoms with Crippen LogP contribution in [0.5, 0.6) is 5.75 Å². The lowest BCUT2D eigenvalue weighted by molar-refractivity contribution is -0.307. The summed E-state index contributed by atoms with van der Waals surface area (Å²) < 4.78 is 4.84. The Balaban J connectivity index is 2.61. The van der Waals surface area contributed by atoms with Crippen molar-refractivity contribution in [3.8, 4) is 5.75 Å². The highest BCUT2D eigenvalue weighted by Crippen LogP contribution is 2.12. The van der Waals surface area contributed by atoms with Gasteiger partial charge in [-0.15, -0.1) is 0 Å². The molecule has 0 saturated carbocycles. The monoisotopic (exact) mass is 181 g/mol. The van der Waals surface area contributed by atoms with Crippen LogP contribution in [0, 0.1) is 0 Å². The molecule has 0 radical (unpaired) electrons. The van der Waals surface area contributed by atoms with Crippen LogP contribution in [-0.4, -0.2) is 17.7 Å². The summed E-state index contributed by atoms with van der Waals surface area (Å²) >= 11 is 0. The first-order chi connectivity index (χ1) is 6.22. The van der Waals surface area contributed by atoms with E-state index < -0.39 is 12.6 Å². The van der Waals surface area contributed by atoms with Crippen LogP contribution >= 0.6 is 0 Å². The van der Waals surface area contributed by atoms with Crippen molar-refractivity contribution < 1.29 is 19.7 Å². The molecule has 4 nitrogen and oxygen atoms in total. The van der Waals surface area contributed by atoms with Gasteiger partial charge in [-0.3, -0.25) is 0 Å². The second-order valence-electron chi connectivity index (χ2n) is 2.47. The lowest BCUT2D eigenvalue weighted by Gasteiger charge is -2.07. The zero-order chi connectivity index (χ0) is 9.68. The molecule has 0 aromatic heterocycles. The fourth-order valence-corrected chi connectivity index (χ4v) is 0.876. The van der Waals surface area contributed by atoms with Crippen LogP contribution in [0.15, 0.2) is 24.3 Å². The third-order valence-corrected chi connectivity index (χ3v) is 1.44. The summed E-state index contributed by atoms with van der Waals surface area (Å²) in [7, 11) is 0. The van der Waals surface area contributed by atoms with E-state index in [1.807, 2.05) is 0 Å². The average Bonchev–Trinajstić information content (AvgIpc) is 2.15. The second-order valence-corrected chi connectivity index (χ2v) is 2.47. The van der Waals surface area contributed by atoms with Gasteiger partial charge in [0.25, 0.3) is 0 Å². The van der Waals surface area contributed by atoms with Crippen LogP contribution in [0.2, 0.25) is 0 Å². The third kappa shape index (κ3) is 3.13. The highest BCUT2D eigenvalue weighted by molar-refractivity contribution is 5.66. The summed E-state index contributed by atoms with van der Waals surface area (Å²) in [6, 6.07) is 6.58. The Morgan fingerprint density at radius 1 is 1.54 bits per heavy atom. The van der Waals surface area contributed by atoms with Gasteiger partial charge < -0.3 is 19.7 Å². The summed E-state index contributed by atoms with van der Waals surface area (Å²) in [5.41, 5.74) is 0.677. The first-order valence-corrected chi connectivity index (χ1v) is 3.75. The molecule has 0 aliphatic carbocycles. The minimum Gasteiger partial charge on any atom is -0.546 e. The first kappa shape index (κ1) is 9.54. The van der Waals surface area contributed by atoms with Crippen molar-refractivity contribution in [2.75, 3.05) is 6.61 Å². The van der Waals surface area contributed by atoms with Crippen LogP contribution in [0.4, 0.5) is 0 Å². The molecule has 1 rings (SSSR count). The molecular formula is C9H9O4-. The van der Waals surface area contributed by atoms with Gasteiger partial charge >= 0.3 is 0 Å². The Morgan fingerprint density at radius 3 is 2.92 bits per heavy atom. The van der Waals surface area contributed by atoms with Crippen molar-refractivity contribution in [2.45, 2.75) is 6.61 Å². The molecule has 0 aliphatic heterocycles. The number of rotatable bonds is 4. The molecule has 1 aromatic rings. The van der Waals surface area contributed by atoms with Gasteiger partial charge in [0.15, 0.2) is 0 Å². The topological polar surface area (TPSA) is 69.6 Å². The van der Waals surface area contributed by atoms with Crippen LogP contribution in [0.25, 0.3) is 0 Å². The summed E-state index contributed by atoms with van der Waals surface area (Å²) in [6.45, 7) is -0.572. The maximum atomic E-state index is 10.0. The standard InChI is InChI=1S/C9H10O4/c10-5-7-2-1-3-8(4-7)13-6-9(11)12/h1-4,10H,5-6H2,(H,11,12)/p-1. The zero-order valence-electron chi connectivity index (χ0n) is 6.90. The maximum absolute atomic E-state index is 10.0. The third-order valence-electron chi connectivity index (χ3n) is 1.44. The van der Waals surface area contributed by atoms with Crippen molar-refractivity contribution in [1.82, 2.24) is 0 Å². The minimum atomic E-state index is -1.27. The van der Waals surface area contributed by atoms with Gasteiger partial charge in [-0.2, -0.15) is 0 Å². The van der Waals surface area contributed by atoms with Gasteiger partial charge in [-0.05, 0) is 17.7 Å². The van der Waals surface area contributed by atoms with Crippen molar-refractivity contribution in [2.24, 2.45) is 0 Å². The van der Waals surface area contributed by atoms with E-state index in [2.05, 4.69) is 0 Å². The Kier molecular flexibility index (Phi) is 3.28. The maximum Gasteiger partial charge on any atom is 0.128 e. The van der Waals surface area contributed by atoms with Crippen LogP contribution in [0.3, 0.4) is 0 Å². The molecule has 1 N–H and O–H groups in total. The number of carboxylic acids is 1. The number of ether oxygens (including phenoxy) is 1. The second kappa shape index (κ2) is 4.47. The van der Waals surface area contributed by atoms with E-state index in [4.69, 9.17) is 9.84 Å². The van der Waals surface area contributed by atoms with E-state index in [9.17, 15) is 9.90 Å². The smallest absolute Gasteiger partial charge is 0.128 e. The molecule has 70 valence electrons. The van der Waals surface area contributed by atoms with Crippen LogP contribution in [-0.2, 0) is 11.4 Å². The SMILES string of the molecule is O=C([O-])COc1cccc(CO)c1. The summed E-state index contributed by atoms with van der Waals surface area (Å²) in [5, 5.41) is 18.8. The fourth-order valence-electron chi connectivity index (χ4n) is 0.876. The van der Waals surface area contributed by atoms with Crippen molar-refractivity contribution in [3.05, 3.63) is 29.8 Å². The number of carbonyl (C=O) groups is 1. The molecule has 0 amide bonds. The largest absolute Gasteiger partial charge is 0.546 e. The first-order valence-electron chi connectivity index (χ1n) is 3.75. The number of aliphatic hydroxyl groups is 1. The van der Waals surface area contributed by atoms with E-state index in [-0.39, 0.29) is 6.61 Å². The fraction of sp³-hybridized carbons (Fsp3) is 0.222. The zero-order valence-corrected chi connectivity index (χ0v) is 6.90. The van der Waals surface area contributed by atoms with Gasteiger partial charge in [-0.1, -0.05) is 12.1 Å². The van der Waals surface area contributed by atoms with Gasteiger partial charge in [0.1, 0.15) is 12.4 Å². The lowest BCUT2D eigenvalue weighted by Crippen LogP contribution is -2.28. The number of aliphatic carboxylic acids is 1. The molecule has 0 unspecified atom stereocenters. The predicted molar refractivity (Wildman–Crippen MR) is 42.9 cm³/mol. The van der Waals surface area contributed by atoms with Gasteiger partial charge in [-0.25, -0.2) is 0 Å². The molecule has 4 heteroatoms. The molecule has 0 heterocycles. The summed E-state index contributed by atoms with van der Waals surface area (Å²) in [4.78, 5) is 10.0. The van der Waals surface area contributed by atoms with Crippen LogP contribution < -0.4 is 9.84 Å². The van der Waals surface area contributed by atoms with Gasteiger partial charge in [0.2, 0.25) is 0 Å². The molecule has 13 heavy (non-hydrogen) atoms. The molecular weight excluding hydrogens is 172 g/mol. The van der Waals surface area contributed by atoms with Crippen molar-refractivity contribution >= 4 is 5.97 Å². The average molecular weight is 181 g/mol. The number of benzene rings is 1. The van der Waals surface area contributed by atoms with Gasteiger partial charge in [0.05, 0.1) is 12.6 Å². The van der Waals surface area contributed by atoms with E-state index in [1.54, 1.807) is 24.3 Å².